The molecule has 0 aliphatic carbocycles. The van der Waals surface area contributed by atoms with Crippen LogP contribution < -0.4 is 21.1 Å². The first-order valence-electron chi connectivity index (χ1n) is 6.62. The Morgan fingerprint density at radius 1 is 1.36 bits per heavy atom. The summed E-state index contributed by atoms with van der Waals surface area (Å²) in [6.07, 6.45) is 1.52. The lowest BCUT2D eigenvalue weighted by molar-refractivity contribution is 0.0991. The first-order chi connectivity index (χ1) is 10.5. The van der Waals surface area contributed by atoms with E-state index in [1.165, 1.54) is 10.9 Å². The number of nitrogens with zero attached hydrogens (tertiary/aromatic N) is 2. The van der Waals surface area contributed by atoms with E-state index in [0.717, 1.165) is 11.4 Å². The number of primary amides is 1. The Morgan fingerprint density at radius 3 is 2.59 bits per heavy atom. The minimum absolute atomic E-state index is 0.293. The average Bonchev–Trinajstić information content (AvgIpc) is 2.90. The van der Waals surface area contributed by atoms with Crippen molar-refractivity contribution >= 4 is 34.6 Å². The predicted octanol–water partition coefficient (Wildman–Crippen LogP) is 1.82. The van der Waals surface area contributed by atoms with Gasteiger partial charge >= 0.3 is 0 Å². The molecule has 0 spiro atoms. The molecule has 7 nitrogen and oxygen atoms in total. The number of carbonyl (C=O) groups is 1. The number of carbonyl (C=O) groups excluding carboxylic acids is 1. The first-order valence-corrected chi connectivity index (χ1v) is 7.03. The van der Waals surface area contributed by atoms with Gasteiger partial charge in [-0.05, 0) is 43.4 Å². The summed E-state index contributed by atoms with van der Waals surface area (Å²) in [6, 6.07) is 7.29. The minimum Gasteiger partial charge on any atom is -0.497 e. The summed E-state index contributed by atoms with van der Waals surface area (Å²) in [4.78, 5) is 11.5. The van der Waals surface area contributed by atoms with Crippen LogP contribution in [-0.2, 0) is 6.54 Å². The molecule has 4 N–H and O–H groups in total. The molecule has 116 valence electrons. The van der Waals surface area contributed by atoms with Crippen molar-refractivity contribution in [3.05, 3.63) is 36.2 Å². The number of nitrogens with one attached hydrogen (secondary N) is 2. The summed E-state index contributed by atoms with van der Waals surface area (Å²) in [6.45, 7) is 2.41. The number of thiocarbonyl (C=S) groups is 1. The molecular weight excluding hydrogens is 302 g/mol. The summed E-state index contributed by atoms with van der Waals surface area (Å²) in [5.74, 6) is 0.193. The zero-order valence-electron chi connectivity index (χ0n) is 12.3. The molecular formula is C14H17N5O2S. The fourth-order valence-electron chi connectivity index (χ4n) is 1.94. The molecule has 0 unspecified atom stereocenters. The van der Waals surface area contributed by atoms with Gasteiger partial charge in [-0.25, -0.2) is 0 Å². The molecule has 2 aromatic rings. The van der Waals surface area contributed by atoms with Gasteiger partial charge in [0.1, 0.15) is 11.4 Å². The summed E-state index contributed by atoms with van der Waals surface area (Å²) < 4.78 is 6.60. The quantitative estimate of drug-likeness (QED) is 0.728. The van der Waals surface area contributed by atoms with Crippen LogP contribution in [0.25, 0.3) is 0 Å². The third-order valence-electron chi connectivity index (χ3n) is 2.97. The van der Waals surface area contributed by atoms with Crippen LogP contribution in [0.15, 0.2) is 30.5 Å². The molecule has 2 rings (SSSR count). The van der Waals surface area contributed by atoms with Gasteiger partial charge in [0.05, 0.1) is 19.0 Å². The van der Waals surface area contributed by atoms with Crippen molar-refractivity contribution in [1.29, 1.82) is 0 Å². The molecule has 0 saturated carbocycles. The highest BCUT2D eigenvalue weighted by Gasteiger charge is 2.16. The zero-order chi connectivity index (χ0) is 16.1. The van der Waals surface area contributed by atoms with Gasteiger partial charge in [0.2, 0.25) is 0 Å². The molecule has 0 saturated heterocycles. The number of nitrogens with two attached hydrogens (primary N) is 1. The number of anilines is 2. The molecule has 0 bridgehead atoms. The smallest absolute Gasteiger partial charge is 0.269 e. The molecule has 8 heteroatoms. The van der Waals surface area contributed by atoms with E-state index in [1.807, 2.05) is 31.2 Å². The second kappa shape index (κ2) is 6.90. The van der Waals surface area contributed by atoms with Crippen molar-refractivity contribution in [3.8, 4) is 5.75 Å². The molecule has 22 heavy (non-hydrogen) atoms. The molecule has 0 atom stereocenters. The SMILES string of the molecule is CCn1ncc(NC(=S)Nc2ccc(OC)cc2)c1C(N)=O. The summed E-state index contributed by atoms with van der Waals surface area (Å²) >= 11 is 5.23. The number of aryl methyl sites for hydroxylation is 1. The van der Waals surface area contributed by atoms with Crippen molar-refractivity contribution in [2.24, 2.45) is 5.73 Å². The Morgan fingerprint density at radius 2 is 2.05 bits per heavy atom. The molecule has 1 aromatic heterocycles. The van der Waals surface area contributed by atoms with E-state index in [1.54, 1.807) is 7.11 Å². The van der Waals surface area contributed by atoms with E-state index in [4.69, 9.17) is 22.7 Å². The molecule has 0 aliphatic heterocycles. The lowest BCUT2D eigenvalue weighted by Gasteiger charge is -2.11. The maximum atomic E-state index is 11.5. The second-order valence-electron chi connectivity index (χ2n) is 4.39. The van der Waals surface area contributed by atoms with Gasteiger partial charge in [-0.3, -0.25) is 9.48 Å². The Hall–Kier alpha value is -2.61. The summed E-state index contributed by atoms with van der Waals surface area (Å²) in [5, 5.41) is 10.4. The van der Waals surface area contributed by atoms with Crippen molar-refractivity contribution in [3.63, 3.8) is 0 Å². The van der Waals surface area contributed by atoms with Gasteiger partial charge in [0.25, 0.3) is 5.91 Å². The van der Waals surface area contributed by atoms with Crippen LogP contribution in [0.2, 0.25) is 0 Å². The Bertz CT molecular complexity index is 681. The van der Waals surface area contributed by atoms with E-state index < -0.39 is 5.91 Å². The van der Waals surface area contributed by atoms with Crippen molar-refractivity contribution < 1.29 is 9.53 Å². The molecule has 1 amide bonds. The van der Waals surface area contributed by atoms with E-state index in [9.17, 15) is 4.79 Å². The standard InChI is InChI=1S/C14H17N5O2S/c1-3-19-12(13(15)20)11(8-16-19)18-14(22)17-9-4-6-10(21-2)7-5-9/h4-8H,3H2,1-2H3,(H2,15,20)(H2,17,18,22). The lowest BCUT2D eigenvalue weighted by atomic mass is 10.3. The molecule has 0 aliphatic rings. The van der Waals surface area contributed by atoms with Crippen molar-refractivity contribution in [2.45, 2.75) is 13.5 Å². The maximum absolute atomic E-state index is 11.5. The number of rotatable bonds is 5. The Labute approximate surface area is 133 Å². The van der Waals surface area contributed by atoms with Gasteiger partial charge in [0, 0.05) is 12.2 Å². The number of ether oxygens (including phenoxy) is 1. The van der Waals surface area contributed by atoms with Crippen LogP contribution in [0.5, 0.6) is 5.75 Å². The third-order valence-corrected chi connectivity index (χ3v) is 3.17. The highest BCUT2D eigenvalue weighted by Crippen LogP contribution is 2.17. The van der Waals surface area contributed by atoms with Crippen LogP contribution in [0.4, 0.5) is 11.4 Å². The average molecular weight is 319 g/mol. The summed E-state index contributed by atoms with van der Waals surface area (Å²) in [7, 11) is 1.60. The number of methoxy groups -OCH3 is 1. The van der Waals surface area contributed by atoms with Crippen LogP contribution in [-0.4, -0.2) is 27.9 Å². The number of aromatic nitrogens is 2. The zero-order valence-corrected chi connectivity index (χ0v) is 13.1. The van der Waals surface area contributed by atoms with Crippen LogP contribution in [0, 0.1) is 0 Å². The molecule has 0 fully saturated rings. The summed E-state index contributed by atoms with van der Waals surface area (Å²) in [5.41, 5.74) is 6.94. The van der Waals surface area contributed by atoms with Crippen LogP contribution in [0.3, 0.4) is 0 Å². The maximum Gasteiger partial charge on any atom is 0.269 e. The van der Waals surface area contributed by atoms with Gasteiger partial charge in [0.15, 0.2) is 5.11 Å². The van der Waals surface area contributed by atoms with E-state index in [2.05, 4.69) is 15.7 Å². The van der Waals surface area contributed by atoms with Gasteiger partial charge in [-0.15, -0.1) is 0 Å². The number of amides is 1. The topological polar surface area (TPSA) is 94.2 Å². The monoisotopic (exact) mass is 319 g/mol. The van der Waals surface area contributed by atoms with E-state index in [-0.39, 0.29) is 0 Å². The van der Waals surface area contributed by atoms with Gasteiger partial charge in [-0.1, -0.05) is 0 Å². The first kappa shape index (κ1) is 15.8. The van der Waals surface area contributed by atoms with Crippen molar-refractivity contribution in [1.82, 2.24) is 9.78 Å². The Balaban J connectivity index is 2.08. The third kappa shape index (κ3) is 3.53. The molecule has 0 radical (unpaired) electrons. The van der Waals surface area contributed by atoms with Gasteiger partial charge < -0.3 is 21.1 Å². The highest BCUT2D eigenvalue weighted by atomic mass is 32.1. The normalized spacial score (nSPS) is 10.1. The predicted molar refractivity (Wildman–Crippen MR) is 89.3 cm³/mol. The number of benzene rings is 1. The minimum atomic E-state index is -0.561. The van der Waals surface area contributed by atoms with Crippen LogP contribution in [0.1, 0.15) is 17.4 Å². The van der Waals surface area contributed by atoms with Gasteiger partial charge in [-0.2, -0.15) is 5.10 Å². The Kier molecular flexibility index (Phi) is 4.95. The van der Waals surface area contributed by atoms with E-state index in [0.29, 0.717) is 23.0 Å². The fourth-order valence-corrected chi connectivity index (χ4v) is 2.16. The fraction of sp³-hybridized carbons (Fsp3) is 0.214. The number of hydrogen-bond acceptors (Lipinski definition) is 4. The number of hydrogen-bond donors (Lipinski definition) is 3. The molecule has 1 aromatic carbocycles. The molecule has 1 heterocycles. The van der Waals surface area contributed by atoms with Crippen LogP contribution >= 0.6 is 12.2 Å². The van der Waals surface area contributed by atoms with Crippen molar-refractivity contribution in [2.75, 3.05) is 17.7 Å². The highest BCUT2D eigenvalue weighted by molar-refractivity contribution is 7.80. The second-order valence-corrected chi connectivity index (χ2v) is 4.80. The van der Waals surface area contributed by atoms with E-state index >= 15 is 0 Å². The largest absolute Gasteiger partial charge is 0.497 e. The lowest BCUT2D eigenvalue weighted by Crippen LogP contribution is -2.23.